The van der Waals surface area contributed by atoms with Gasteiger partial charge in [0, 0.05) is 17.4 Å². The molecule has 0 heterocycles. The molecule has 1 aromatic carbocycles. The van der Waals surface area contributed by atoms with Gasteiger partial charge in [0.1, 0.15) is 0 Å². The van der Waals surface area contributed by atoms with E-state index in [1.54, 1.807) is 11.8 Å². The lowest BCUT2D eigenvalue weighted by Gasteiger charge is -2.08. The standard InChI is InChI=1S/C12H15NS/c1-3-4-5-12(13)10-6-8-11(14-2)9-7-10/h6-9,12H,5,13H2,1-2H3. The zero-order valence-corrected chi connectivity index (χ0v) is 9.40. The Balaban J connectivity index is 2.69. The Bertz CT molecular complexity index is 332. The van der Waals surface area contributed by atoms with Crippen LogP contribution >= 0.6 is 11.8 Å². The van der Waals surface area contributed by atoms with E-state index < -0.39 is 0 Å². The number of hydrogen-bond acceptors (Lipinski definition) is 2. The number of benzene rings is 1. The van der Waals surface area contributed by atoms with Crippen molar-refractivity contribution in [3.8, 4) is 11.8 Å². The van der Waals surface area contributed by atoms with Crippen molar-refractivity contribution in [2.75, 3.05) is 6.26 Å². The molecule has 0 bridgehead atoms. The van der Waals surface area contributed by atoms with Crippen LogP contribution in [0.4, 0.5) is 0 Å². The van der Waals surface area contributed by atoms with Crippen LogP contribution in [0.3, 0.4) is 0 Å². The molecule has 0 spiro atoms. The highest BCUT2D eigenvalue weighted by molar-refractivity contribution is 7.98. The maximum absolute atomic E-state index is 5.96. The Hall–Kier alpha value is -0.910. The van der Waals surface area contributed by atoms with Gasteiger partial charge in [-0.2, -0.15) is 0 Å². The summed E-state index contributed by atoms with van der Waals surface area (Å²) >= 11 is 1.74. The van der Waals surface area contributed by atoms with Gasteiger partial charge in [-0.3, -0.25) is 0 Å². The molecule has 2 heteroatoms. The smallest absolute Gasteiger partial charge is 0.0405 e. The summed E-state index contributed by atoms with van der Waals surface area (Å²) in [5.74, 6) is 5.85. The zero-order chi connectivity index (χ0) is 10.4. The van der Waals surface area contributed by atoms with Crippen molar-refractivity contribution < 1.29 is 0 Å². The first-order valence-corrected chi connectivity index (χ1v) is 5.79. The average molecular weight is 205 g/mol. The van der Waals surface area contributed by atoms with Gasteiger partial charge in [0.05, 0.1) is 0 Å². The Morgan fingerprint density at radius 3 is 2.50 bits per heavy atom. The van der Waals surface area contributed by atoms with E-state index in [1.807, 2.05) is 6.92 Å². The first kappa shape index (κ1) is 11.2. The molecule has 1 nitrogen and oxygen atoms in total. The van der Waals surface area contributed by atoms with Crippen LogP contribution in [-0.4, -0.2) is 6.26 Å². The van der Waals surface area contributed by atoms with Gasteiger partial charge in [0.25, 0.3) is 0 Å². The van der Waals surface area contributed by atoms with Gasteiger partial charge in [0.2, 0.25) is 0 Å². The Kier molecular flexibility index (Phi) is 4.58. The molecular weight excluding hydrogens is 190 g/mol. The van der Waals surface area contributed by atoms with Gasteiger partial charge in [-0.1, -0.05) is 12.1 Å². The lowest BCUT2D eigenvalue weighted by molar-refractivity contribution is 0.753. The Morgan fingerprint density at radius 2 is 2.00 bits per heavy atom. The highest BCUT2D eigenvalue weighted by Crippen LogP contribution is 2.19. The Morgan fingerprint density at radius 1 is 1.36 bits per heavy atom. The van der Waals surface area contributed by atoms with Crippen molar-refractivity contribution in [3.63, 3.8) is 0 Å². The third-order valence-electron chi connectivity index (χ3n) is 2.04. The normalized spacial score (nSPS) is 11.6. The van der Waals surface area contributed by atoms with Crippen molar-refractivity contribution in [1.82, 2.24) is 0 Å². The van der Waals surface area contributed by atoms with Crippen molar-refractivity contribution in [2.24, 2.45) is 5.73 Å². The topological polar surface area (TPSA) is 26.0 Å². The maximum Gasteiger partial charge on any atom is 0.0405 e. The third kappa shape index (κ3) is 3.10. The molecule has 0 saturated heterocycles. The minimum Gasteiger partial charge on any atom is -0.323 e. The van der Waals surface area contributed by atoms with E-state index in [2.05, 4.69) is 42.4 Å². The van der Waals surface area contributed by atoms with E-state index in [0.29, 0.717) is 0 Å². The molecule has 0 aromatic heterocycles. The fraction of sp³-hybridized carbons (Fsp3) is 0.333. The second-order valence-corrected chi connectivity index (χ2v) is 3.89. The Labute approximate surface area is 90.1 Å². The zero-order valence-electron chi connectivity index (χ0n) is 8.58. The van der Waals surface area contributed by atoms with Gasteiger partial charge in [-0.15, -0.1) is 23.6 Å². The predicted octanol–water partition coefficient (Wildman–Crippen LogP) is 2.82. The SMILES string of the molecule is CC#CCC(N)c1ccc(SC)cc1. The average Bonchev–Trinajstić information content (AvgIpc) is 2.26. The molecule has 0 aliphatic rings. The second kappa shape index (κ2) is 5.74. The van der Waals surface area contributed by atoms with Gasteiger partial charge in [0.15, 0.2) is 0 Å². The molecule has 74 valence electrons. The molecule has 0 fully saturated rings. The molecule has 0 aliphatic heterocycles. The summed E-state index contributed by atoms with van der Waals surface area (Å²) in [5, 5.41) is 0. The van der Waals surface area contributed by atoms with Crippen molar-refractivity contribution in [1.29, 1.82) is 0 Å². The molecule has 2 N–H and O–H groups in total. The molecule has 1 unspecified atom stereocenters. The monoisotopic (exact) mass is 205 g/mol. The van der Waals surface area contributed by atoms with Crippen LogP contribution in [-0.2, 0) is 0 Å². The maximum atomic E-state index is 5.96. The molecule has 0 aliphatic carbocycles. The highest BCUT2D eigenvalue weighted by Gasteiger charge is 2.03. The first-order valence-electron chi connectivity index (χ1n) is 4.57. The van der Waals surface area contributed by atoms with Gasteiger partial charge in [-0.05, 0) is 30.9 Å². The predicted molar refractivity (Wildman–Crippen MR) is 63.2 cm³/mol. The summed E-state index contributed by atoms with van der Waals surface area (Å²) in [5.41, 5.74) is 7.12. The largest absolute Gasteiger partial charge is 0.323 e. The molecule has 1 atom stereocenters. The lowest BCUT2D eigenvalue weighted by atomic mass is 10.1. The van der Waals surface area contributed by atoms with Crippen molar-refractivity contribution >= 4 is 11.8 Å². The molecule has 0 amide bonds. The van der Waals surface area contributed by atoms with Crippen LogP contribution in [0.5, 0.6) is 0 Å². The molecule has 14 heavy (non-hydrogen) atoms. The molecule has 1 rings (SSSR count). The van der Waals surface area contributed by atoms with Gasteiger partial charge in [-0.25, -0.2) is 0 Å². The molecular formula is C12H15NS. The van der Waals surface area contributed by atoms with Crippen LogP contribution in [0.15, 0.2) is 29.2 Å². The minimum absolute atomic E-state index is 0.0401. The summed E-state index contributed by atoms with van der Waals surface area (Å²) in [7, 11) is 0. The van der Waals surface area contributed by atoms with E-state index in [-0.39, 0.29) is 6.04 Å². The fourth-order valence-electron chi connectivity index (χ4n) is 1.18. The van der Waals surface area contributed by atoms with Gasteiger partial charge < -0.3 is 5.73 Å². The number of nitrogens with two attached hydrogens (primary N) is 1. The van der Waals surface area contributed by atoms with E-state index in [0.717, 1.165) is 12.0 Å². The number of thioether (sulfide) groups is 1. The summed E-state index contributed by atoms with van der Waals surface area (Å²) in [4.78, 5) is 1.27. The summed E-state index contributed by atoms with van der Waals surface area (Å²) < 4.78 is 0. The minimum atomic E-state index is 0.0401. The number of hydrogen-bond donors (Lipinski definition) is 1. The molecule has 1 aromatic rings. The molecule has 0 radical (unpaired) electrons. The van der Waals surface area contributed by atoms with E-state index in [1.165, 1.54) is 4.90 Å². The van der Waals surface area contributed by atoms with Crippen LogP contribution in [0.25, 0.3) is 0 Å². The summed E-state index contributed by atoms with van der Waals surface area (Å²) in [6.07, 6.45) is 2.80. The molecule has 0 saturated carbocycles. The van der Waals surface area contributed by atoms with Crippen molar-refractivity contribution in [2.45, 2.75) is 24.3 Å². The number of rotatable bonds is 3. The van der Waals surface area contributed by atoms with Crippen LogP contribution in [0.1, 0.15) is 24.9 Å². The lowest BCUT2D eigenvalue weighted by Crippen LogP contribution is -2.08. The second-order valence-electron chi connectivity index (χ2n) is 3.01. The van der Waals surface area contributed by atoms with Crippen LogP contribution < -0.4 is 5.73 Å². The van der Waals surface area contributed by atoms with Crippen LogP contribution in [0, 0.1) is 11.8 Å². The van der Waals surface area contributed by atoms with Gasteiger partial charge >= 0.3 is 0 Å². The summed E-state index contributed by atoms with van der Waals surface area (Å²) in [6, 6.07) is 8.39. The van der Waals surface area contributed by atoms with Crippen LogP contribution in [0.2, 0.25) is 0 Å². The van der Waals surface area contributed by atoms with E-state index in [4.69, 9.17) is 5.73 Å². The fourth-order valence-corrected chi connectivity index (χ4v) is 1.59. The van der Waals surface area contributed by atoms with E-state index >= 15 is 0 Å². The summed E-state index contributed by atoms with van der Waals surface area (Å²) in [6.45, 7) is 1.84. The highest BCUT2D eigenvalue weighted by atomic mass is 32.2. The van der Waals surface area contributed by atoms with Crippen molar-refractivity contribution in [3.05, 3.63) is 29.8 Å². The third-order valence-corrected chi connectivity index (χ3v) is 2.79. The first-order chi connectivity index (χ1) is 6.77. The van der Waals surface area contributed by atoms with E-state index in [9.17, 15) is 0 Å². The quantitative estimate of drug-likeness (QED) is 0.606.